The summed E-state index contributed by atoms with van der Waals surface area (Å²) in [7, 11) is 0. The maximum atomic E-state index is 12.7. The van der Waals surface area contributed by atoms with Crippen molar-refractivity contribution in [2.24, 2.45) is 5.10 Å². The van der Waals surface area contributed by atoms with Crippen LogP contribution in [0, 0.1) is 11.3 Å². The predicted molar refractivity (Wildman–Crippen MR) is 155 cm³/mol. The van der Waals surface area contributed by atoms with Crippen LogP contribution >= 0.6 is 11.3 Å². The van der Waals surface area contributed by atoms with Gasteiger partial charge in [0.2, 0.25) is 0 Å². The molecule has 212 valence electrons. The van der Waals surface area contributed by atoms with E-state index in [2.05, 4.69) is 21.9 Å². The van der Waals surface area contributed by atoms with Crippen molar-refractivity contribution in [1.82, 2.24) is 5.43 Å². The number of thiophene rings is 1. The highest BCUT2D eigenvalue weighted by atomic mass is 32.1. The van der Waals surface area contributed by atoms with Crippen LogP contribution in [0.15, 0.2) is 47.6 Å². The third kappa shape index (κ3) is 7.49. The largest absolute Gasteiger partial charge is 0.494 e. The normalized spacial score (nSPS) is 12.2. The summed E-state index contributed by atoms with van der Waals surface area (Å²) in [6.07, 6.45) is 5.91. The number of esters is 1. The van der Waals surface area contributed by atoms with Gasteiger partial charge in [0.15, 0.2) is 11.5 Å². The van der Waals surface area contributed by atoms with Crippen molar-refractivity contribution in [3.63, 3.8) is 0 Å². The maximum absolute atomic E-state index is 12.7. The van der Waals surface area contributed by atoms with Crippen LogP contribution in [0.25, 0.3) is 0 Å². The Balaban J connectivity index is 1.36. The first-order valence-electron chi connectivity index (χ1n) is 13.3. The third-order valence-corrected chi connectivity index (χ3v) is 7.34. The second-order valence-corrected chi connectivity index (χ2v) is 10.2. The first kappa shape index (κ1) is 29.3. The number of nitriles is 1. The molecule has 11 heteroatoms. The van der Waals surface area contributed by atoms with Gasteiger partial charge in [0.1, 0.15) is 16.8 Å². The van der Waals surface area contributed by atoms with Gasteiger partial charge >= 0.3 is 17.8 Å². The van der Waals surface area contributed by atoms with Crippen molar-refractivity contribution < 1.29 is 28.6 Å². The average Bonchev–Trinajstić information content (AvgIpc) is 3.34. The number of benzene rings is 2. The fraction of sp³-hybridized carbons (Fsp3) is 0.300. The zero-order chi connectivity index (χ0) is 29.2. The SMILES string of the molecule is CCCOc1ccc(C(=O)Oc2ccc(/C=N\NC(=O)C(=O)Nc3sc4c(c3C#N)CCCC4)cc2OCC)cc1. The van der Waals surface area contributed by atoms with Gasteiger partial charge in [-0.2, -0.15) is 10.4 Å². The first-order valence-corrected chi connectivity index (χ1v) is 14.2. The lowest BCUT2D eigenvalue weighted by Gasteiger charge is -2.12. The van der Waals surface area contributed by atoms with E-state index >= 15 is 0 Å². The van der Waals surface area contributed by atoms with E-state index in [4.69, 9.17) is 14.2 Å². The highest BCUT2D eigenvalue weighted by Gasteiger charge is 2.23. The molecule has 1 heterocycles. The molecular weight excluding hydrogens is 544 g/mol. The van der Waals surface area contributed by atoms with E-state index in [-0.39, 0.29) is 5.75 Å². The van der Waals surface area contributed by atoms with Gasteiger partial charge in [0.05, 0.1) is 30.6 Å². The molecule has 1 aromatic heterocycles. The van der Waals surface area contributed by atoms with Gasteiger partial charge in [-0.15, -0.1) is 11.3 Å². The van der Waals surface area contributed by atoms with Crippen LogP contribution in [-0.2, 0) is 22.4 Å². The summed E-state index contributed by atoms with van der Waals surface area (Å²) in [5, 5.41) is 16.3. The van der Waals surface area contributed by atoms with Crippen LogP contribution in [0.5, 0.6) is 17.2 Å². The van der Waals surface area contributed by atoms with Gasteiger partial charge < -0.3 is 19.5 Å². The fourth-order valence-corrected chi connectivity index (χ4v) is 5.41. The lowest BCUT2D eigenvalue weighted by atomic mass is 9.96. The highest BCUT2D eigenvalue weighted by molar-refractivity contribution is 7.16. The van der Waals surface area contributed by atoms with Gasteiger partial charge in [-0.1, -0.05) is 6.92 Å². The van der Waals surface area contributed by atoms with Gasteiger partial charge in [-0.25, -0.2) is 10.2 Å². The van der Waals surface area contributed by atoms with Gasteiger partial charge in [0.25, 0.3) is 0 Å². The summed E-state index contributed by atoms with van der Waals surface area (Å²) < 4.78 is 16.7. The predicted octanol–water partition coefficient (Wildman–Crippen LogP) is 4.99. The van der Waals surface area contributed by atoms with Crippen LogP contribution in [0.4, 0.5) is 5.00 Å². The number of amides is 2. The molecule has 10 nitrogen and oxygen atoms in total. The number of aryl methyl sites for hydroxylation is 1. The first-order chi connectivity index (χ1) is 19.9. The monoisotopic (exact) mass is 574 g/mol. The Kier molecular flexibility index (Phi) is 10.1. The molecule has 1 aliphatic rings. The number of ether oxygens (including phenoxy) is 3. The van der Waals surface area contributed by atoms with Crippen molar-refractivity contribution in [2.45, 2.75) is 46.0 Å². The molecule has 0 fully saturated rings. The van der Waals surface area contributed by atoms with Gasteiger partial charge in [-0.05, 0) is 92.6 Å². The van der Waals surface area contributed by atoms with E-state index in [1.807, 2.05) is 6.92 Å². The standard InChI is InChI=1S/C30H30N4O6S/c1-3-15-39-21-12-10-20(11-13-21)30(37)40-24-14-9-19(16-25(24)38-4-2)18-32-34-28(36)27(35)33-29-23(17-31)22-7-5-6-8-26(22)41-29/h9-14,16,18H,3-8,15H2,1-2H3,(H,33,35)(H,34,36)/b32-18-. The van der Waals surface area contributed by atoms with Crippen LogP contribution in [0.1, 0.15) is 65.0 Å². The molecule has 0 bridgehead atoms. The molecule has 0 radical (unpaired) electrons. The van der Waals surface area contributed by atoms with Crippen molar-refractivity contribution in [3.8, 4) is 23.3 Å². The maximum Gasteiger partial charge on any atom is 0.343 e. The summed E-state index contributed by atoms with van der Waals surface area (Å²) in [6.45, 7) is 4.72. The van der Waals surface area contributed by atoms with E-state index in [9.17, 15) is 19.6 Å². The molecule has 0 spiro atoms. The Morgan fingerprint density at radius 1 is 1.02 bits per heavy atom. The van der Waals surface area contributed by atoms with E-state index in [1.165, 1.54) is 17.6 Å². The number of anilines is 1. The molecule has 0 saturated carbocycles. The van der Waals surface area contributed by atoms with Crippen LogP contribution in [0.2, 0.25) is 0 Å². The molecule has 2 N–H and O–H groups in total. The number of nitrogens with zero attached hydrogens (tertiary/aromatic N) is 2. The average molecular weight is 575 g/mol. The molecule has 4 rings (SSSR count). The van der Waals surface area contributed by atoms with E-state index in [0.717, 1.165) is 42.5 Å². The van der Waals surface area contributed by atoms with Crippen molar-refractivity contribution >= 4 is 40.3 Å². The Labute approximate surface area is 241 Å². The summed E-state index contributed by atoms with van der Waals surface area (Å²) in [4.78, 5) is 38.5. The lowest BCUT2D eigenvalue weighted by Crippen LogP contribution is -2.32. The molecular formula is C30H30N4O6S. The van der Waals surface area contributed by atoms with E-state index < -0.39 is 17.8 Å². The van der Waals surface area contributed by atoms with Crippen molar-refractivity contribution in [3.05, 3.63) is 69.6 Å². The minimum Gasteiger partial charge on any atom is -0.494 e. The van der Waals surface area contributed by atoms with E-state index in [0.29, 0.717) is 46.4 Å². The number of carbonyl (C=O) groups excluding carboxylic acids is 3. The van der Waals surface area contributed by atoms with Crippen LogP contribution < -0.4 is 25.0 Å². The van der Waals surface area contributed by atoms with Gasteiger partial charge in [0, 0.05) is 4.88 Å². The smallest absolute Gasteiger partial charge is 0.343 e. The number of hydrogen-bond donors (Lipinski definition) is 2. The molecule has 3 aromatic rings. The highest BCUT2D eigenvalue weighted by Crippen LogP contribution is 2.37. The third-order valence-electron chi connectivity index (χ3n) is 6.13. The van der Waals surface area contributed by atoms with Gasteiger partial charge in [-0.3, -0.25) is 9.59 Å². The zero-order valence-electron chi connectivity index (χ0n) is 22.8. The Hall–Kier alpha value is -4.69. The number of hydrogen-bond acceptors (Lipinski definition) is 9. The molecule has 0 saturated heterocycles. The van der Waals surface area contributed by atoms with Crippen LogP contribution in [0.3, 0.4) is 0 Å². The Morgan fingerprint density at radius 2 is 1.80 bits per heavy atom. The quantitative estimate of drug-likeness (QED) is 0.114. The fourth-order valence-electron chi connectivity index (χ4n) is 4.17. The molecule has 2 aromatic carbocycles. The number of hydrazone groups is 1. The van der Waals surface area contributed by atoms with Crippen LogP contribution in [-0.4, -0.2) is 37.2 Å². The van der Waals surface area contributed by atoms with Crippen molar-refractivity contribution in [2.75, 3.05) is 18.5 Å². The molecule has 41 heavy (non-hydrogen) atoms. The molecule has 0 unspecified atom stereocenters. The minimum atomic E-state index is -0.974. The number of rotatable bonds is 10. The van der Waals surface area contributed by atoms with E-state index in [1.54, 1.807) is 49.4 Å². The molecule has 1 aliphatic carbocycles. The lowest BCUT2D eigenvalue weighted by molar-refractivity contribution is -0.136. The Bertz CT molecular complexity index is 1490. The topological polar surface area (TPSA) is 139 Å². The molecule has 2 amide bonds. The number of nitrogens with one attached hydrogen (secondary N) is 2. The summed E-state index contributed by atoms with van der Waals surface area (Å²) in [6, 6.07) is 13.6. The minimum absolute atomic E-state index is 0.218. The molecule has 0 atom stereocenters. The summed E-state index contributed by atoms with van der Waals surface area (Å²) >= 11 is 1.34. The number of fused-ring (bicyclic) bond motifs is 1. The summed E-state index contributed by atoms with van der Waals surface area (Å²) in [5.74, 6) is -1.25. The second kappa shape index (κ2) is 14.1. The van der Waals surface area contributed by atoms with Crippen molar-refractivity contribution in [1.29, 1.82) is 5.26 Å². The summed E-state index contributed by atoms with van der Waals surface area (Å²) in [5.41, 5.74) is 4.47. The Morgan fingerprint density at radius 3 is 2.54 bits per heavy atom. The second-order valence-electron chi connectivity index (χ2n) is 9.08. The number of carbonyl (C=O) groups is 3. The zero-order valence-corrected chi connectivity index (χ0v) is 23.6. The molecule has 0 aliphatic heterocycles.